The van der Waals surface area contributed by atoms with Gasteiger partial charge in [0.05, 0.1) is 18.6 Å². The summed E-state index contributed by atoms with van der Waals surface area (Å²) in [4.78, 5) is 27.1. The average molecular weight is 482 g/mol. The molecule has 0 heterocycles. The van der Waals surface area contributed by atoms with Gasteiger partial charge in [0.1, 0.15) is 11.8 Å². The van der Waals surface area contributed by atoms with Crippen LogP contribution in [0.1, 0.15) is 18.9 Å². The van der Waals surface area contributed by atoms with Crippen molar-refractivity contribution < 1.29 is 22.7 Å². The van der Waals surface area contributed by atoms with Gasteiger partial charge < -0.3 is 15.0 Å². The van der Waals surface area contributed by atoms with E-state index < -0.39 is 28.5 Å². The average Bonchev–Trinajstić information content (AvgIpc) is 2.78. The van der Waals surface area contributed by atoms with Crippen LogP contribution in [0.25, 0.3) is 0 Å². The van der Waals surface area contributed by atoms with Crippen LogP contribution >= 0.6 is 11.6 Å². The van der Waals surface area contributed by atoms with Gasteiger partial charge >= 0.3 is 0 Å². The van der Waals surface area contributed by atoms with E-state index in [1.165, 1.54) is 50.4 Å². The van der Waals surface area contributed by atoms with Crippen LogP contribution in [0, 0.1) is 0 Å². The second kappa shape index (κ2) is 11.3. The van der Waals surface area contributed by atoms with Crippen molar-refractivity contribution in [3.8, 4) is 5.75 Å². The van der Waals surface area contributed by atoms with Crippen molar-refractivity contribution in [3.63, 3.8) is 0 Å². The molecule has 174 valence electrons. The summed E-state index contributed by atoms with van der Waals surface area (Å²) >= 11 is 5.84. The van der Waals surface area contributed by atoms with Crippen molar-refractivity contribution in [3.05, 3.63) is 59.1 Å². The number of benzene rings is 2. The number of nitrogens with one attached hydrogen (secondary N) is 1. The van der Waals surface area contributed by atoms with Gasteiger partial charge in [-0.1, -0.05) is 30.7 Å². The van der Waals surface area contributed by atoms with Gasteiger partial charge in [0.15, 0.2) is 0 Å². The van der Waals surface area contributed by atoms with Gasteiger partial charge in [-0.2, -0.15) is 4.31 Å². The van der Waals surface area contributed by atoms with Crippen molar-refractivity contribution in [2.24, 2.45) is 0 Å². The molecule has 0 fully saturated rings. The molecule has 2 amide bonds. The molecule has 10 heteroatoms. The third-order valence-electron chi connectivity index (χ3n) is 5.00. The summed E-state index contributed by atoms with van der Waals surface area (Å²) in [6.45, 7) is 1.49. The van der Waals surface area contributed by atoms with Crippen LogP contribution in [0.5, 0.6) is 5.75 Å². The number of amides is 2. The van der Waals surface area contributed by atoms with Gasteiger partial charge in [-0.05, 0) is 48.4 Å². The second-order valence-corrected chi connectivity index (χ2v) is 9.61. The molecule has 8 nitrogen and oxygen atoms in total. The van der Waals surface area contributed by atoms with Crippen LogP contribution in [0.3, 0.4) is 0 Å². The van der Waals surface area contributed by atoms with E-state index in [0.29, 0.717) is 17.2 Å². The number of halogens is 1. The summed E-state index contributed by atoms with van der Waals surface area (Å²) in [6, 6.07) is 12.1. The third kappa shape index (κ3) is 6.21. The highest BCUT2D eigenvalue weighted by Crippen LogP contribution is 2.20. The Bertz CT molecular complexity index is 1040. The van der Waals surface area contributed by atoms with E-state index in [0.717, 1.165) is 9.87 Å². The maximum atomic E-state index is 13.3. The number of ether oxygens (including phenoxy) is 1. The molecule has 0 radical (unpaired) electrons. The number of hydrogen-bond acceptors (Lipinski definition) is 5. The number of rotatable bonds is 10. The summed E-state index contributed by atoms with van der Waals surface area (Å²) in [7, 11) is 0.442. The number of nitrogens with zero attached hydrogens (tertiary/aromatic N) is 2. The quantitative estimate of drug-likeness (QED) is 0.562. The van der Waals surface area contributed by atoms with Gasteiger partial charge in [0.2, 0.25) is 21.8 Å². The predicted molar refractivity (Wildman–Crippen MR) is 123 cm³/mol. The maximum absolute atomic E-state index is 13.3. The Morgan fingerprint density at radius 2 is 1.81 bits per heavy atom. The zero-order chi connectivity index (χ0) is 23.9. The fourth-order valence-corrected chi connectivity index (χ4v) is 4.45. The Morgan fingerprint density at radius 3 is 2.38 bits per heavy atom. The molecule has 0 aliphatic rings. The van der Waals surface area contributed by atoms with Crippen LogP contribution in [0.15, 0.2) is 53.4 Å². The van der Waals surface area contributed by atoms with Gasteiger partial charge in [0, 0.05) is 25.7 Å². The number of likely N-dealkylation sites (N-methyl/N-ethyl adjacent to an activating group) is 2. The molecule has 0 aliphatic heterocycles. The van der Waals surface area contributed by atoms with Gasteiger partial charge in [-0.3, -0.25) is 9.59 Å². The van der Waals surface area contributed by atoms with E-state index in [9.17, 15) is 18.0 Å². The highest BCUT2D eigenvalue weighted by atomic mass is 35.5. The lowest BCUT2D eigenvalue weighted by atomic mass is 10.1. The first-order chi connectivity index (χ1) is 15.1. The molecule has 0 spiro atoms. The summed E-state index contributed by atoms with van der Waals surface area (Å²) in [6.07, 6.45) is 0.364. The first kappa shape index (κ1) is 25.6. The zero-order valence-corrected chi connectivity index (χ0v) is 20.1. The molecular formula is C22H28ClN3O5S. The number of sulfonamides is 1. The first-order valence-electron chi connectivity index (χ1n) is 9.99. The minimum Gasteiger partial charge on any atom is -0.497 e. The standard InChI is InChI=1S/C22H28ClN3O5S/c1-5-20(22(28)24-2)26(14-16-7-6-8-18(13-16)31-4)21(27)15-25(3)32(29,30)19-11-9-17(23)10-12-19/h6-13,20H,5,14-15H2,1-4H3,(H,24,28)/t20-/m0/s1. The molecule has 0 bridgehead atoms. The first-order valence-corrected chi connectivity index (χ1v) is 11.8. The molecule has 0 unspecified atom stereocenters. The fraction of sp³-hybridized carbons (Fsp3) is 0.364. The number of carbonyl (C=O) groups is 2. The third-order valence-corrected chi connectivity index (χ3v) is 7.07. The lowest BCUT2D eigenvalue weighted by Crippen LogP contribution is -2.51. The Kier molecular flexibility index (Phi) is 9.06. The summed E-state index contributed by atoms with van der Waals surface area (Å²) < 4.78 is 32.0. The number of hydrogen-bond donors (Lipinski definition) is 1. The molecule has 2 aromatic rings. The molecule has 2 aromatic carbocycles. The Labute approximate surface area is 194 Å². The number of carbonyl (C=O) groups excluding carboxylic acids is 2. The van der Waals surface area contributed by atoms with E-state index in [1.54, 1.807) is 25.1 Å². The van der Waals surface area contributed by atoms with Crippen molar-refractivity contribution in [1.29, 1.82) is 0 Å². The minimum absolute atomic E-state index is 0.0230. The Morgan fingerprint density at radius 1 is 1.16 bits per heavy atom. The summed E-state index contributed by atoms with van der Waals surface area (Å²) in [5.74, 6) is -0.208. The lowest BCUT2D eigenvalue weighted by Gasteiger charge is -2.31. The second-order valence-electron chi connectivity index (χ2n) is 7.13. The van der Waals surface area contributed by atoms with Crippen molar-refractivity contribution in [2.45, 2.75) is 30.8 Å². The summed E-state index contributed by atoms with van der Waals surface area (Å²) in [5.41, 5.74) is 0.753. The van der Waals surface area contributed by atoms with Crippen molar-refractivity contribution in [2.75, 3.05) is 27.7 Å². The van der Waals surface area contributed by atoms with Crippen LogP contribution in [-0.2, 0) is 26.2 Å². The fourth-order valence-electron chi connectivity index (χ4n) is 3.21. The van der Waals surface area contributed by atoms with E-state index in [1.807, 2.05) is 6.07 Å². The maximum Gasteiger partial charge on any atom is 0.243 e. The number of methoxy groups -OCH3 is 1. The molecule has 1 N–H and O–H groups in total. The highest BCUT2D eigenvalue weighted by Gasteiger charge is 2.31. The monoisotopic (exact) mass is 481 g/mol. The minimum atomic E-state index is -3.92. The van der Waals surface area contributed by atoms with Crippen molar-refractivity contribution >= 4 is 33.4 Å². The van der Waals surface area contributed by atoms with Crippen LogP contribution in [0.4, 0.5) is 0 Å². The van der Waals surface area contributed by atoms with E-state index in [2.05, 4.69) is 5.32 Å². The van der Waals surface area contributed by atoms with Crippen molar-refractivity contribution in [1.82, 2.24) is 14.5 Å². The van der Waals surface area contributed by atoms with Gasteiger partial charge in [0.25, 0.3) is 0 Å². The normalized spacial score (nSPS) is 12.3. The zero-order valence-electron chi connectivity index (χ0n) is 18.5. The molecule has 32 heavy (non-hydrogen) atoms. The molecule has 2 rings (SSSR count). The molecule has 0 saturated heterocycles. The molecule has 0 aromatic heterocycles. The Hall–Kier alpha value is -2.62. The predicted octanol–water partition coefficient (Wildman–Crippen LogP) is 2.52. The topological polar surface area (TPSA) is 96.0 Å². The highest BCUT2D eigenvalue weighted by molar-refractivity contribution is 7.89. The van der Waals surface area contributed by atoms with Crippen LogP contribution in [0.2, 0.25) is 5.02 Å². The molecule has 0 saturated carbocycles. The van der Waals surface area contributed by atoms with E-state index in [-0.39, 0.29) is 17.3 Å². The SMILES string of the molecule is CC[C@@H](C(=O)NC)N(Cc1cccc(OC)c1)C(=O)CN(C)S(=O)(=O)c1ccc(Cl)cc1. The van der Waals surface area contributed by atoms with Gasteiger partial charge in [-0.15, -0.1) is 0 Å². The largest absolute Gasteiger partial charge is 0.497 e. The molecule has 0 aliphatic carbocycles. The Balaban J connectivity index is 2.31. The molecular weight excluding hydrogens is 454 g/mol. The van der Waals surface area contributed by atoms with E-state index in [4.69, 9.17) is 16.3 Å². The van der Waals surface area contributed by atoms with Crippen LogP contribution < -0.4 is 10.1 Å². The van der Waals surface area contributed by atoms with Gasteiger partial charge in [-0.25, -0.2) is 8.42 Å². The lowest BCUT2D eigenvalue weighted by molar-refractivity contribution is -0.141. The van der Waals surface area contributed by atoms with E-state index >= 15 is 0 Å². The molecule has 1 atom stereocenters. The smallest absolute Gasteiger partial charge is 0.243 e. The summed E-state index contributed by atoms with van der Waals surface area (Å²) in [5, 5.41) is 2.98. The van der Waals surface area contributed by atoms with Crippen LogP contribution in [-0.4, -0.2) is 63.2 Å².